The number of sulfonamides is 1. The number of rotatable bonds is 9. The van der Waals surface area contributed by atoms with Gasteiger partial charge in [0.2, 0.25) is 21.9 Å². The van der Waals surface area contributed by atoms with Crippen molar-refractivity contribution in [1.82, 2.24) is 15.0 Å². The van der Waals surface area contributed by atoms with Crippen molar-refractivity contribution in [1.29, 1.82) is 0 Å². The molecule has 0 unspecified atom stereocenters. The number of ether oxygens (including phenoxy) is 1. The highest BCUT2D eigenvalue weighted by atomic mass is 32.2. The molecule has 0 bridgehead atoms. The van der Waals surface area contributed by atoms with Crippen molar-refractivity contribution in [2.24, 2.45) is 0 Å². The fourth-order valence-corrected chi connectivity index (χ4v) is 4.68. The van der Waals surface area contributed by atoms with Crippen LogP contribution in [-0.4, -0.2) is 40.6 Å². The lowest BCUT2D eigenvalue weighted by Gasteiger charge is -2.23. The van der Waals surface area contributed by atoms with E-state index >= 15 is 0 Å². The fourth-order valence-electron chi connectivity index (χ4n) is 3.41. The molecule has 0 aliphatic heterocycles. The average molecular weight is 496 g/mol. The molecule has 184 valence electrons. The lowest BCUT2D eigenvalue weighted by Crippen LogP contribution is -2.36. The van der Waals surface area contributed by atoms with Gasteiger partial charge in [-0.25, -0.2) is 18.4 Å². The van der Waals surface area contributed by atoms with Gasteiger partial charge in [0.15, 0.2) is 0 Å². The first-order valence-electron chi connectivity index (χ1n) is 11.4. The minimum absolute atomic E-state index is 0.0306. The monoisotopic (exact) mass is 495 g/mol. The molecule has 1 aliphatic carbocycles. The number of pyridine rings is 1. The summed E-state index contributed by atoms with van der Waals surface area (Å²) in [5, 5.41) is 2.52. The Balaban J connectivity index is 1.46. The summed E-state index contributed by atoms with van der Waals surface area (Å²) in [5.41, 5.74) is 1.84. The van der Waals surface area contributed by atoms with Gasteiger partial charge < -0.3 is 10.1 Å². The van der Waals surface area contributed by atoms with Crippen LogP contribution in [0.5, 0.6) is 5.75 Å². The van der Waals surface area contributed by atoms with Crippen molar-refractivity contribution in [3.63, 3.8) is 0 Å². The second-order valence-electron chi connectivity index (χ2n) is 9.34. The SMILES string of the molecule is CC(C)Oc1cncc(-c2ccc(NC(=O)C(C)(C)c3ccnc(NS(=O)(=O)C4CC4)n3)cc2)c1. The molecule has 3 aromatic rings. The van der Waals surface area contributed by atoms with Crippen molar-refractivity contribution >= 4 is 27.6 Å². The summed E-state index contributed by atoms with van der Waals surface area (Å²) in [5.74, 6) is 0.381. The van der Waals surface area contributed by atoms with E-state index in [4.69, 9.17) is 4.74 Å². The quantitative estimate of drug-likeness (QED) is 0.457. The molecule has 0 atom stereocenters. The second kappa shape index (κ2) is 9.61. The van der Waals surface area contributed by atoms with Crippen LogP contribution in [0.2, 0.25) is 0 Å². The lowest BCUT2D eigenvalue weighted by atomic mass is 9.88. The van der Waals surface area contributed by atoms with E-state index in [-0.39, 0.29) is 18.0 Å². The summed E-state index contributed by atoms with van der Waals surface area (Å²) in [6.07, 6.45) is 6.20. The highest BCUT2D eigenvalue weighted by Gasteiger charge is 2.37. The maximum Gasteiger partial charge on any atom is 0.237 e. The Kier molecular flexibility index (Phi) is 6.75. The largest absolute Gasteiger partial charge is 0.489 e. The van der Waals surface area contributed by atoms with E-state index < -0.39 is 20.7 Å². The van der Waals surface area contributed by atoms with Gasteiger partial charge in [-0.2, -0.15) is 0 Å². The van der Waals surface area contributed by atoms with Crippen LogP contribution < -0.4 is 14.8 Å². The molecular weight excluding hydrogens is 466 g/mol. The fraction of sp³-hybridized carbons (Fsp3) is 0.360. The van der Waals surface area contributed by atoms with Crippen LogP contribution in [0.15, 0.2) is 55.0 Å². The van der Waals surface area contributed by atoms with Gasteiger partial charge in [-0.3, -0.25) is 14.5 Å². The predicted molar refractivity (Wildman–Crippen MR) is 135 cm³/mol. The van der Waals surface area contributed by atoms with Gasteiger partial charge >= 0.3 is 0 Å². The number of hydrogen-bond donors (Lipinski definition) is 2. The van der Waals surface area contributed by atoms with Gasteiger partial charge in [-0.1, -0.05) is 12.1 Å². The van der Waals surface area contributed by atoms with Crippen molar-refractivity contribution < 1.29 is 17.9 Å². The van der Waals surface area contributed by atoms with E-state index in [1.165, 1.54) is 6.20 Å². The third kappa shape index (κ3) is 5.94. The van der Waals surface area contributed by atoms with Crippen LogP contribution >= 0.6 is 0 Å². The first-order valence-corrected chi connectivity index (χ1v) is 13.0. The van der Waals surface area contributed by atoms with E-state index in [1.54, 1.807) is 32.3 Å². The van der Waals surface area contributed by atoms with Crippen LogP contribution in [0.1, 0.15) is 46.2 Å². The summed E-state index contributed by atoms with van der Waals surface area (Å²) in [6.45, 7) is 7.37. The van der Waals surface area contributed by atoms with E-state index in [0.29, 0.717) is 30.0 Å². The minimum Gasteiger partial charge on any atom is -0.489 e. The molecule has 1 aliphatic rings. The number of nitrogens with zero attached hydrogens (tertiary/aromatic N) is 3. The number of nitrogens with one attached hydrogen (secondary N) is 2. The topological polar surface area (TPSA) is 123 Å². The normalized spacial score (nSPS) is 14.0. The molecule has 4 rings (SSSR count). The van der Waals surface area contributed by atoms with Gasteiger partial charge in [-0.15, -0.1) is 0 Å². The molecule has 2 aromatic heterocycles. The van der Waals surface area contributed by atoms with Gasteiger partial charge in [0.05, 0.1) is 28.7 Å². The van der Waals surface area contributed by atoms with Crippen LogP contribution in [0.3, 0.4) is 0 Å². The molecule has 0 spiro atoms. The number of carbonyl (C=O) groups is 1. The van der Waals surface area contributed by atoms with E-state index in [9.17, 15) is 13.2 Å². The smallest absolute Gasteiger partial charge is 0.237 e. The Morgan fingerprint density at radius 2 is 1.80 bits per heavy atom. The predicted octanol–water partition coefficient (Wildman–Crippen LogP) is 4.15. The molecule has 0 radical (unpaired) electrons. The van der Waals surface area contributed by atoms with Gasteiger partial charge in [0.1, 0.15) is 5.75 Å². The van der Waals surface area contributed by atoms with E-state index in [2.05, 4.69) is 25.0 Å². The Hall–Kier alpha value is -3.53. The third-order valence-corrected chi connectivity index (χ3v) is 7.44. The highest BCUT2D eigenvalue weighted by Crippen LogP contribution is 2.30. The van der Waals surface area contributed by atoms with Crippen molar-refractivity contribution in [3.8, 4) is 16.9 Å². The molecule has 1 aromatic carbocycles. The summed E-state index contributed by atoms with van der Waals surface area (Å²) in [7, 11) is -3.49. The zero-order valence-corrected chi connectivity index (χ0v) is 21.0. The molecule has 2 heterocycles. The first-order chi connectivity index (χ1) is 16.5. The van der Waals surface area contributed by atoms with Crippen LogP contribution in [0, 0.1) is 0 Å². The molecule has 10 heteroatoms. The summed E-state index contributed by atoms with van der Waals surface area (Å²) in [6, 6.07) is 11.0. The zero-order chi connectivity index (χ0) is 25.2. The minimum atomic E-state index is -3.49. The van der Waals surface area contributed by atoms with Gasteiger partial charge in [0, 0.05) is 23.6 Å². The molecule has 0 saturated heterocycles. The molecular formula is C25H29N5O4S. The first kappa shape index (κ1) is 24.6. The third-order valence-electron chi connectivity index (χ3n) is 5.62. The van der Waals surface area contributed by atoms with Crippen LogP contribution in [0.4, 0.5) is 11.6 Å². The Morgan fingerprint density at radius 3 is 2.46 bits per heavy atom. The second-order valence-corrected chi connectivity index (χ2v) is 11.3. The summed E-state index contributed by atoms with van der Waals surface area (Å²) >= 11 is 0. The number of hydrogen-bond acceptors (Lipinski definition) is 7. The maximum atomic E-state index is 13.1. The Morgan fingerprint density at radius 1 is 1.09 bits per heavy atom. The number of anilines is 2. The Labute approximate surface area is 205 Å². The van der Waals surface area contributed by atoms with Crippen LogP contribution in [0.25, 0.3) is 11.1 Å². The van der Waals surface area contributed by atoms with E-state index in [1.807, 2.05) is 44.2 Å². The number of aromatic nitrogens is 3. The van der Waals surface area contributed by atoms with Crippen LogP contribution in [-0.2, 0) is 20.2 Å². The van der Waals surface area contributed by atoms with Gasteiger partial charge in [0.25, 0.3) is 0 Å². The van der Waals surface area contributed by atoms with E-state index in [0.717, 1.165) is 11.1 Å². The molecule has 9 nitrogen and oxygen atoms in total. The van der Waals surface area contributed by atoms with Crippen molar-refractivity contribution in [3.05, 3.63) is 60.7 Å². The lowest BCUT2D eigenvalue weighted by molar-refractivity contribution is -0.120. The zero-order valence-electron chi connectivity index (χ0n) is 20.1. The molecule has 1 fully saturated rings. The molecule has 1 amide bonds. The number of carbonyl (C=O) groups excluding carboxylic acids is 1. The number of benzene rings is 1. The summed E-state index contributed by atoms with van der Waals surface area (Å²) < 4.78 is 32.6. The Bertz CT molecular complexity index is 1320. The molecule has 1 saturated carbocycles. The number of amides is 1. The van der Waals surface area contributed by atoms with Crippen molar-refractivity contribution in [2.75, 3.05) is 10.0 Å². The standard InChI is InChI=1S/C25H29N5O4S/c1-16(2)34-20-13-18(14-26-15-20)17-5-7-19(8-6-17)28-23(31)25(3,4)22-11-12-27-24(29-22)30-35(32,33)21-9-10-21/h5-8,11-16,21H,9-10H2,1-4H3,(H,28,31)(H,27,29,30). The van der Waals surface area contributed by atoms with Gasteiger partial charge in [-0.05, 0) is 70.4 Å². The maximum absolute atomic E-state index is 13.1. The summed E-state index contributed by atoms with van der Waals surface area (Å²) in [4.78, 5) is 25.7. The molecule has 35 heavy (non-hydrogen) atoms. The molecule has 2 N–H and O–H groups in total. The van der Waals surface area contributed by atoms with Crippen molar-refractivity contribution in [2.45, 2.75) is 57.3 Å². The average Bonchev–Trinajstić information content (AvgIpc) is 3.66. The highest BCUT2D eigenvalue weighted by molar-refractivity contribution is 7.93.